The highest BCUT2D eigenvalue weighted by atomic mass is 16.2. The molecular weight excluding hydrogens is 244 g/mol. The summed E-state index contributed by atoms with van der Waals surface area (Å²) in [5.74, 6) is -0.616. The Hall–Kier alpha value is -2.24. The molecule has 1 heterocycles. The molecule has 0 aromatic heterocycles. The van der Waals surface area contributed by atoms with Crippen molar-refractivity contribution in [2.75, 3.05) is 23.7 Å². The van der Waals surface area contributed by atoms with E-state index in [0.717, 1.165) is 5.69 Å². The Labute approximate surface area is 111 Å². The molecule has 1 aliphatic heterocycles. The van der Waals surface area contributed by atoms with Crippen LogP contribution in [-0.2, 0) is 4.79 Å². The van der Waals surface area contributed by atoms with Crippen molar-refractivity contribution in [3.05, 3.63) is 23.8 Å². The first-order chi connectivity index (χ1) is 8.84. The number of hydrogen-bond donors (Lipinski definition) is 3. The number of rotatable bonds is 2. The minimum atomic E-state index is -0.677. The predicted molar refractivity (Wildman–Crippen MR) is 73.8 cm³/mol. The first-order valence-corrected chi connectivity index (χ1v) is 6.09. The Morgan fingerprint density at radius 1 is 1.42 bits per heavy atom. The van der Waals surface area contributed by atoms with Gasteiger partial charge in [0.2, 0.25) is 5.91 Å². The first kappa shape index (κ1) is 13.2. The molecule has 1 aromatic carbocycles. The van der Waals surface area contributed by atoms with Gasteiger partial charge in [-0.05, 0) is 32.0 Å². The number of amides is 2. The number of primary amides is 1. The largest absolute Gasteiger partial charge is 0.398 e. The van der Waals surface area contributed by atoms with E-state index < -0.39 is 11.4 Å². The van der Waals surface area contributed by atoms with E-state index in [1.165, 1.54) is 0 Å². The van der Waals surface area contributed by atoms with Crippen molar-refractivity contribution in [3.8, 4) is 0 Å². The molecule has 6 heteroatoms. The predicted octanol–water partition coefficient (Wildman–Crippen LogP) is 0.0825. The van der Waals surface area contributed by atoms with E-state index in [-0.39, 0.29) is 11.5 Å². The summed E-state index contributed by atoms with van der Waals surface area (Å²) in [4.78, 5) is 25.2. The zero-order valence-corrected chi connectivity index (χ0v) is 11.1. The monoisotopic (exact) mass is 262 g/mol. The molecule has 1 aliphatic rings. The van der Waals surface area contributed by atoms with Gasteiger partial charge in [0, 0.05) is 24.5 Å². The van der Waals surface area contributed by atoms with Crippen LogP contribution in [0.25, 0.3) is 0 Å². The van der Waals surface area contributed by atoms with Gasteiger partial charge < -0.3 is 21.7 Å². The van der Waals surface area contributed by atoms with E-state index in [9.17, 15) is 9.59 Å². The van der Waals surface area contributed by atoms with Crippen molar-refractivity contribution >= 4 is 23.2 Å². The summed E-state index contributed by atoms with van der Waals surface area (Å²) >= 11 is 0. The van der Waals surface area contributed by atoms with Gasteiger partial charge in [-0.3, -0.25) is 9.59 Å². The highest BCUT2D eigenvalue weighted by Crippen LogP contribution is 2.28. The fourth-order valence-electron chi connectivity index (χ4n) is 2.28. The molecule has 0 unspecified atom stereocenters. The number of nitrogens with two attached hydrogens (primary N) is 2. The Bertz CT molecular complexity index is 539. The van der Waals surface area contributed by atoms with Crippen LogP contribution in [0.4, 0.5) is 11.4 Å². The average molecular weight is 262 g/mol. The molecule has 0 atom stereocenters. The van der Waals surface area contributed by atoms with Crippen LogP contribution in [-0.4, -0.2) is 30.4 Å². The number of benzene rings is 1. The zero-order valence-electron chi connectivity index (χ0n) is 11.1. The topological polar surface area (TPSA) is 101 Å². The molecule has 0 radical (unpaired) electrons. The van der Waals surface area contributed by atoms with Gasteiger partial charge in [-0.15, -0.1) is 0 Å². The molecule has 19 heavy (non-hydrogen) atoms. The van der Waals surface area contributed by atoms with Crippen LogP contribution in [0.3, 0.4) is 0 Å². The standard InChI is InChI=1S/C13H18N4O2/c1-13(2)12(19)16-5-6-17(13)8-3-4-10(14)9(7-8)11(15)18/h3-4,7H,5-6,14H2,1-2H3,(H2,15,18)(H,16,19). The molecule has 1 saturated heterocycles. The summed E-state index contributed by atoms with van der Waals surface area (Å²) in [6.45, 7) is 4.91. The fourth-order valence-corrected chi connectivity index (χ4v) is 2.28. The minimum absolute atomic E-state index is 0.0452. The van der Waals surface area contributed by atoms with Crippen LogP contribution in [0.1, 0.15) is 24.2 Å². The molecule has 2 amide bonds. The maximum absolute atomic E-state index is 11.9. The Morgan fingerprint density at radius 2 is 2.11 bits per heavy atom. The molecule has 0 saturated carbocycles. The third kappa shape index (κ3) is 2.21. The molecule has 5 N–H and O–H groups in total. The van der Waals surface area contributed by atoms with Crippen molar-refractivity contribution in [2.45, 2.75) is 19.4 Å². The third-order valence-corrected chi connectivity index (χ3v) is 3.47. The van der Waals surface area contributed by atoms with Crippen molar-refractivity contribution in [1.82, 2.24) is 5.32 Å². The molecule has 1 fully saturated rings. The zero-order chi connectivity index (χ0) is 14.2. The normalized spacial score (nSPS) is 18.0. The second-order valence-electron chi connectivity index (χ2n) is 5.10. The average Bonchev–Trinajstić information content (AvgIpc) is 2.33. The van der Waals surface area contributed by atoms with Gasteiger partial charge in [0.1, 0.15) is 5.54 Å². The Kier molecular flexibility index (Phi) is 3.09. The lowest BCUT2D eigenvalue weighted by molar-refractivity contribution is -0.126. The second-order valence-corrected chi connectivity index (χ2v) is 5.10. The van der Waals surface area contributed by atoms with Crippen LogP contribution in [0, 0.1) is 0 Å². The number of nitrogens with zero attached hydrogens (tertiary/aromatic N) is 1. The van der Waals surface area contributed by atoms with Gasteiger partial charge in [-0.1, -0.05) is 0 Å². The summed E-state index contributed by atoms with van der Waals surface area (Å²) in [5.41, 5.74) is 11.7. The van der Waals surface area contributed by atoms with Crippen LogP contribution < -0.4 is 21.7 Å². The SMILES string of the molecule is CC1(C)C(=O)NCCN1c1ccc(N)c(C(N)=O)c1. The molecule has 0 spiro atoms. The summed E-state index contributed by atoms with van der Waals surface area (Å²) in [7, 11) is 0. The molecule has 2 rings (SSSR count). The van der Waals surface area contributed by atoms with Crippen LogP contribution in [0.5, 0.6) is 0 Å². The first-order valence-electron chi connectivity index (χ1n) is 6.09. The Morgan fingerprint density at radius 3 is 2.74 bits per heavy atom. The van der Waals surface area contributed by atoms with Crippen LogP contribution >= 0.6 is 0 Å². The molecule has 0 aliphatic carbocycles. The summed E-state index contributed by atoms with van der Waals surface area (Å²) in [6, 6.07) is 5.07. The maximum Gasteiger partial charge on any atom is 0.250 e. The van der Waals surface area contributed by atoms with Gasteiger partial charge in [-0.25, -0.2) is 0 Å². The van der Waals surface area contributed by atoms with E-state index in [0.29, 0.717) is 18.8 Å². The molecule has 102 valence electrons. The lowest BCUT2D eigenvalue weighted by Crippen LogP contribution is -2.62. The van der Waals surface area contributed by atoms with Crippen LogP contribution in [0.15, 0.2) is 18.2 Å². The van der Waals surface area contributed by atoms with Crippen molar-refractivity contribution in [3.63, 3.8) is 0 Å². The summed E-state index contributed by atoms with van der Waals surface area (Å²) in [5, 5.41) is 2.82. The smallest absolute Gasteiger partial charge is 0.250 e. The summed E-state index contributed by atoms with van der Waals surface area (Å²) < 4.78 is 0. The third-order valence-electron chi connectivity index (χ3n) is 3.47. The van der Waals surface area contributed by atoms with E-state index in [1.807, 2.05) is 18.7 Å². The lowest BCUT2D eigenvalue weighted by atomic mass is 9.97. The van der Waals surface area contributed by atoms with Gasteiger partial charge >= 0.3 is 0 Å². The van der Waals surface area contributed by atoms with Crippen LogP contribution in [0.2, 0.25) is 0 Å². The minimum Gasteiger partial charge on any atom is -0.398 e. The molecule has 1 aromatic rings. The number of anilines is 2. The highest BCUT2D eigenvalue weighted by molar-refractivity contribution is 5.99. The van der Waals surface area contributed by atoms with Gasteiger partial charge in [0.25, 0.3) is 5.91 Å². The number of carbonyl (C=O) groups is 2. The van der Waals surface area contributed by atoms with Crippen molar-refractivity contribution < 1.29 is 9.59 Å². The maximum atomic E-state index is 11.9. The summed E-state index contributed by atoms with van der Waals surface area (Å²) in [6.07, 6.45) is 0. The highest BCUT2D eigenvalue weighted by Gasteiger charge is 2.37. The number of nitrogens with one attached hydrogen (secondary N) is 1. The molecule has 0 bridgehead atoms. The van der Waals surface area contributed by atoms with Crippen molar-refractivity contribution in [2.24, 2.45) is 5.73 Å². The number of nitrogen functional groups attached to an aromatic ring is 1. The molecule has 6 nitrogen and oxygen atoms in total. The number of hydrogen-bond acceptors (Lipinski definition) is 4. The van der Waals surface area contributed by atoms with Gasteiger partial charge in [0.05, 0.1) is 5.56 Å². The molecular formula is C13H18N4O2. The van der Waals surface area contributed by atoms with E-state index in [1.54, 1.807) is 18.2 Å². The fraction of sp³-hybridized carbons (Fsp3) is 0.385. The number of piperazine rings is 1. The van der Waals surface area contributed by atoms with Gasteiger partial charge in [-0.2, -0.15) is 0 Å². The van der Waals surface area contributed by atoms with E-state index in [2.05, 4.69) is 5.32 Å². The van der Waals surface area contributed by atoms with E-state index >= 15 is 0 Å². The second kappa shape index (κ2) is 4.46. The van der Waals surface area contributed by atoms with Gasteiger partial charge in [0.15, 0.2) is 0 Å². The lowest BCUT2D eigenvalue weighted by Gasteiger charge is -2.43. The van der Waals surface area contributed by atoms with Crippen molar-refractivity contribution in [1.29, 1.82) is 0 Å². The Balaban J connectivity index is 2.44. The van der Waals surface area contributed by atoms with E-state index in [4.69, 9.17) is 11.5 Å². The number of carbonyl (C=O) groups excluding carboxylic acids is 2. The quantitative estimate of drug-likeness (QED) is 0.657.